The van der Waals surface area contributed by atoms with Crippen LogP contribution in [0.15, 0.2) is 61.1 Å². The molecule has 0 aliphatic carbocycles. The van der Waals surface area contributed by atoms with Crippen LogP contribution in [0.4, 0.5) is 5.95 Å². The van der Waals surface area contributed by atoms with Crippen LogP contribution in [0.5, 0.6) is 0 Å². The number of hydrogen-bond acceptors (Lipinski definition) is 4. The lowest BCUT2D eigenvalue weighted by Crippen LogP contribution is -2.30. The second-order valence-corrected chi connectivity index (χ2v) is 10.3. The van der Waals surface area contributed by atoms with E-state index in [-0.39, 0.29) is 17.3 Å². The number of amides is 1. The van der Waals surface area contributed by atoms with Crippen LogP contribution in [-0.4, -0.2) is 38.8 Å². The van der Waals surface area contributed by atoms with E-state index in [0.29, 0.717) is 11.8 Å². The Balaban J connectivity index is 1.54. The van der Waals surface area contributed by atoms with E-state index in [4.69, 9.17) is 5.73 Å². The molecule has 2 aromatic heterocycles. The van der Waals surface area contributed by atoms with Gasteiger partial charge in [-0.2, -0.15) is 0 Å². The number of rotatable bonds is 5. The number of H-pyrrole nitrogens is 1. The molecule has 2 atom stereocenters. The van der Waals surface area contributed by atoms with Gasteiger partial charge in [-0.15, -0.1) is 0 Å². The molecule has 0 spiro atoms. The van der Waals surface area contributed by atoms with Gasteiger partial charge in [0.2, 0.25) is 5.95 Å². The molecule has 1 amide bonds. The molecule has 35 heavy (non-hydrogen) atoms. The number of carbonyl (C=O) groups is 1. The summed E-state index contributed by atoms with van der Waals surface area (Å²) in [6, 6.07) is 14.7. The van der Waals surface area contributed by atoms with E-state index >= 15 is 0 Å². The van der Waals surface area contributed by atoms with Crippen LogP contribution >= 0.6 is 0 Å². The van der Waals surface area contributed by atoms with E-state index in [1.54, 1.807) is 12.4 Å². The maximum Gasteiger partial charge on any atom is 0.255 e. The number of aromatic nitrogens is 3. The van der Waals surface area contributed by atoms with Crippen LogP contribution in [-0.2, 0) is 5.41 Å². The molecule has 0 bridgehead atoms. The van der Waals surface area contributed by atoms with E-state index in [1.165, 1.54) is 11.1 Å². The third-order valence-electron chi connectivity index (χ3n) is 7.86. The molecule has 180 valence electrons. The zero-order chi connectivity index (χ0) is 24.7. The van der Waals surface area contributed by atoms with Crippen molar-refractivity contribution in [2.45, 2.75) is 39.5 Å². The highest BCUT2D eigenvalue weighted by Gasteiger charge is 2.35. The van der Waals surface area contributed by atoms with E-state index in [2.05, 4.69) is 79.2 Å². The SMILES string of the molecule is CC1CCN(C(=O)c2cccc3c(C(C)(c4ccc(-c5cnc(N)nc5)cc4)C(C)C)c[nH]c23)C1. The van der Waals surface area contributed by atoms with Gasteiger partial charge in [-0.05, 0) is 41.0 Å². The topological polar surface area (TPSA) is 87.9 Å². The molecule has 0 radical (unpaired) electrons. The Kier molecular flexibility index (Phi) is 5.83. The highest BCUT2D eigenvalue weighted by Crippen LogP contribution is 2.43. The number of hydrogen-bond donors (Lipinski definition) is 2. The number of carbonyl (C=O) groups excluding carboxylic acids is 1. The number of aromatic amines is 1. The smallest absolute Gasteiger partial charge is 0.255 e. The molecule has 3 N–H and O–H groups in total. The summed E-state index contributed by atoms with van der Waals surface area (Å²) in [6.45, 7) is 10.7. The Morgan fingerprint density at radius 2 is 1.83 bits per heavy atom. The van der Waals surface area contributed by atoms with E-state index in [1.807, 2.05) is 17.0 Å². The van der Waals surface area contributed by atoms with Crippen molar-refractivity contribution in [2.24, 2.45) is 11.8 Å². The maximum absolute atomic E-state index is 13.4. The van der Waals surface area contributed by atoms with Gasteiger partial charge in [0.25, 0.3) is 5.91 Å². The zero-order valence-corrected chi connectivity index (χ0v) is 20.9. The average Bonchev–Trinajstić information content (AvgIpc) is 3.50. The summed E-state index contributed by atoms with van der Waals surface area (Å²) < 4.78 is 0. The molecule has 5 rings (SSSR count). The lowest BCUT2D eigenvalue weighted by atomic mass is 9.68. The van der Waals surface area contributed by atoms with Crippen molar-refractivity contribution < 1.29 is 4.79 Å². The quantitative estimate of drug-likeness (QED) is 0.397. The van der Waals surface area contributed by atoms with E-state index in [0.717, 1.165) is 47.1 Å². The Labute approximate surface area is 206 Å². The number of anilines is 1. The van der Waals surface area contributed by atoms with Gasteiger partial charge < -0.3 is 15.6 Å². The van der Waals surface area contributed by atoms with Crippen molar-refractivity contribution in [1.82, 2.24) is 19.9 Å². The average molecular weight is 468 g/mol. The van der Waals surface area contributed by atoms with Gasteiger partial charge in [0.05, 0.1) is 11.1 Å². The number of nitrogens with two attached hydrogens (primary N) is 1. The zero-order valence-electron chi connectivity index (χ0n) is 20.9. The fourth-order valence-electron chi connectivity index (χ4n) is 5.35. The van der Waals surface area contributed by atoms with Gasteiger partial charge in [0.1, 0.15) is 0 Å². The second-order valence-electron chi connectivity index (χ2n) is 10.3. The third kappa shape index (κ3) is 3.97. The number of nitrogens with zero attached hydrogens (tertiary/aromatic N) is 3. The minimum absolute atomic E-state index is 0.120. The van der Waals surface area contributed by atoms with Gasteiger partial charge in [-0.1, -0.05) is 64.1 Å². The lowest BCUT2D eigenvalue weighted by molar-refractivity contribution is 0.0790. The van der Waals surface area contributed by atoms with Crippen molar-refractivity contribution in [3.05, 3.63) is 77.7 Å². The largest absolute Gasteiger partial charge is 0.368 e. The number of nitrogens with one attached hydrogen (secondary N) is 1. The summed E-state index contributed by atoms with van der Waals surface area (Å²) in [6.07, 6.45) is 6.66. The fourth-order valence-corrected chi connectivity index (χ4v) is 5.35. The van der Waals surface area contributed by atoms with Crippen molar-refractivity contribution >= 4 is 22.8 Å². The molecule has 6 heteroatoms. The summed E-state index contributed by atoms with van der Waals surface area (Å²) in [7, 11) is 0. The Morgan fingerprint density at radius 1 is 1.11 bits per heavy atom. The first-order chi connectivity index (χ1) is 16.8. The summed E-state index contributed by atoms with van der Waals surface area (Å²) >= 11 is 0. The van der Waals surface area contributed by atoms with E-state index < -0.39 is 0 Å². The van der Waals surface area contributed by atoms with Crippen LogP contribution in [0, 0.1) is 11.8 Å². The Bertz CT molecular complexity index is 1360. The van der Waals surface area contributed by atoms with Crippen LogP contribution in [0.3, 0.4) is 0 Å². The van der Waals surface area contributed by atoms with Crippen LogP contribution in [0.25, 0.3) is 22.0 Å². The molecule has 2 unspecified atom stereocenters. The van der Waals surface area contributed by atoms with Crippen molar-refractivity contribution in [2.75, 3.05) is 18.8 Å². The third-order valence-corrected chi connectivity index (χ3v) is 7.86. The Hall–Kier alpha value is -3.67. The molecule has 1 saturated heterocycles. The number of benzene rings is 2. The summed E-state index contributed by atoms with van der Waals surface area (Å²) in [5.41, 5.74) is 11.5. The number of nitrogen functional groups attached to an aromatic ring is 1. The van der Waals surface area contributed by atoms with Gasteiger partial charge in [-0.25, -0.2) is 9.97 Å². The van der Waals surface area contributed by atoms with Gasteiger partial charge in [0.15, 0.2) is 0 Å². The monoisotopic (exact) mass is 467 g/mol. The standard InChI is InChI=1S/C29H33N5O/c1-18(2)29(4,22-10-8-20(9-11-22)21-14-32-28(30)33-15-21)25-16-31-26-23(25)6-5-7-24(26)27(35)34-13-12-19(3)17-34/h5-11,14-16,18-19,31H,12-13,17H2,1-4H3,(H2,30,32,33). The summed E-state index contributed by atoms with van der Waals surface area (Å²) in [5.74, 6) is 1.28. The molecule has 0 saturated carbocycles. The van der Waals surface area contributed by atoms with Crippen LogP contribution < -0.4 is 5.73 Å². The molecular weight excluding hydrogens is 434 g/mol. The van der Waals surface area contributed by atoms with E-state index in [9.17, 15) is 4.79 Å². The molecule has 6 nitrogen and oxygen atoms in total. The fraction of sp³-hybridized carbons (Fsp3) is 0.345. The van der Waals surface area contributed by atoms with Crippen molar-refractivity contribution in [3.8, 4) is 11.1 Å². The van der Waals surface area contributed by atoms with Crippen LogP contribution in [0.2, 0.25) is 0 Å². The normalized spacial score (nSPS) is 17.7. The summed E-state index contributed by atoms with van der Waals surface area (Å²) in [4.78, 5) is 27.0. The molecule has 1 aliphatic heterocycles. The predicted octanol–water partition coefficient (Wildman–Crippen LogP) is 5.65. The minimum atomic E-state index is -0.252. The number of para-hydroxylation sites is 1. The molecule has 1 aliphatic rings. The summed E-state index contributed by atoms with van der Waals surface area (Å²) in [5, 5.41) is 1.11. The molecule has 4 aromatic rings. The van der Waals surface area contributed by atoms with Gasteiger partial charge >= 0.3 is 0 Å². The molecule has 2 aromatic carbocycles. The number of likely N-dealkylation sites (tertiary alicyclic amines) is 1. The maximum atomic E-state index is 13.4. The minimum Gasteiger partial charge on any atom is -0.368 e. The first kappa shape index (κ1) is 23.1. The predicted molar refractivity (Wildman–Crippen MR) is 141 cm³/mol. The van der Waals surface area contributed by atoms with Crippen molar-refractivity contribution in [3.63, 3.8) is 0 Å². The van der Waals surface area contributed by atoms with Crippen molar-refractivity contribution in [1.29, 1.82) is 0 Å². The molecular formula is C29H33N5O. The number of fused-ring (bicyclic) bond motifs is 1. The first-order valence-electron chi connectivity index (χ1n) is 12.4. The van der Waals surface area contributed by atoms with Crippen LogP contribution in [0.1, 0.15) is 55.6 Å². The van der Waals surface area contributed by atoms with Gasteiger partial charge in [-0.3, -0.25) is 4.79 Å². The highest BCUT2D eigenvalue weighted by atomic mass is 16.2. The Morgan fingerprint density at radius 3 is 2.46 bits per heavy atom. The second kappa shape index (κ2) is 8.84. The molecule has 3 heterocycles. The first-order valence-corrected chi connectivity index (χ1v) is 12.4. The molecule has 1 fully saturated rings. The van der Waals surface area contributed by atoms with Gasteiger partial charge in [0, 0.05) is 48.0 Å². The lowest BCUT2D eigenvalue weighted by Gasteiger charge is -2.35. The highest BCUT2D eigenvalue weighted by molar-refractivity contribution is 6.06.